The third kappa shape index (κ3) is 9.39. The fourth-order valence-electron chi connectivity index (χ4n) is 3.64. The molecule has 0 unspecified atom stereocenters. The minimum Gasteiger partial charge on any atom is -0.381 e. The average molecular weight is 440 g/mol. The molecule has 6 heteroatoms. The van der Waals surface area contributed by atoms with E-state index in [9.17, 15) is 0 Å². The number of benzene rings is 2. The van der Waals surface area contributed by atoms with Gasteiger partial charge in [0.2, 0.25) is 0 Å². The summed E-state index contributed by atoms with van der Waals surface area (Å²) in [6.45, 7) is 6.14. The summed E-state index contributed by atoms with van der Waals surface area (Å²) in [5.74, 6) is 1.46. The van der Waals surface area contributed by atoms with Gasteiger partial charge in [-0.15, -0.1) is 0 Å². The van der Waals surface area contributed by atoms with Gasteiger partial charge in [-0.3, -0.25) is 4.99 Å². The fourth-order valence-corrected chi connectivity index (χ4v) is 3.64. The molecule has 1 saturated heterocycles. The van der Waals surface area contributed by atoms with Crippen molar-refractivity contribution in [1.82, 2.24) is 10.6 Å². The quantitative estimate of drug-likeness (QED) is 0.298. The summed E-state index contributed by atoms with van der Waals surface area (Å²) in [6.07, 6.45) is 3.20. The first-order chi connectivity index (χ1) is 15.8. The van der Waals surface area contributed by atoms with Crippen LogP contribution in [0.3, 0.4) is 0 Å². The number of hydrogen-bond acceptors (Lipinski definition) is 4. The van der Waals surface area contributed by atoms with Gasteiger partial charge in [0.1, 0.15) is 0 Å². The summed E-state index contributed by atoms with van der Waals surface area (Å²) < 4.78 is 17.1. The molecular formula is C26H37N3O3. The molecule has 0 aromatic heterocycles. The predicted octanol–water partition coefficient (Wildman–Crippen LogP) is 3.90. The van der Waals surface area contributed by atoms with E-state index < -0.39 is 0 Å². The monoisotopic (exact) mass is 439 g/mol. The molecule has 2 aromatic carbocycles. The van der Waals surface area contributed by atoms with Crippen LogP contribution in [0, 0.1) is 5.92 Å². The summed E-state index contributed by atoms with van der Waals surface area (Å²) in [6, 6.07) is 18.7. The fraction of sp³-hybridized carbons (Fsp3) is 0.500. The molecule has 3 rings (SSSR count). The topological polar surface area (TPSA) is 64.1 Å². The maximum absolute atomic E-state index is 5.86. The Bertz CT molecular complexity index is 792. The highest BCUT2D eigenvalue weighted by Gasteiger charge is 2.13. The van der Waals surface area contributed by atoms with Crippen LogP contribution in [0.5, 0.6) is 0 Å². The van der Waals surface area contributed by atoms with E-state index in [4.69, 9.17) is 14.2 Å². The summed E-state index contributed by atoms with van der Waals surface area (Å²) in [5.41, 5.74) is 3.56. The Balaban J connectivity index is 1.29. The second-order valence-corrected chi connectivity index (χ2v) is 8.14. The van der Waals surface area contributed by atoms with Gasteiger partial charge in [0.25, 0.3) is 0 Å². The van der Waals surface area contributed by atoms with Crippen molar-refractivity contribution in [3.05, 3.63) is 71.3 Å². The van der Waals surface area contributed by atoms with E-state index in [0.717, 1.165) is 58.2 Å². The number of nitrogens with zero attached hydrogens (tertiary/aromatic N) is 1. The molecule has 1 aliphatic rings. The van der Waals surface area contributed by atoms with E-state index in [1.54, 1.807) is 7.05 Å². The van der Waals surface area contributed by atoms with E-state index >= 15 is 0 Å². The van der Waals surface area contributed by atoms with Gasteiger partial charge in [0, 0.05) is 46.6 Å². The van der Waals surface area contributed by atoms with Gasteiger partial charge in [-0.2, -0.15) is 0 Å². The standard InChI is InChI=1S/C26H37N3O3/c1-27-26(28-13-6-14-31-19-23-11-15-30-16-12-23)29-18-24-9-5-10-25(17-24)21-32-20-22-7-3-2-4-8-22/h2-5,7-10,17,23H,6,11-16,18-21H2,1H3,(H2,27,28,29). The second kappa shape index (κ2) is 14.6. The summed E-state index contributed by atoms with van der Waals surface area (Å²) in [5, 5.41) is 6.74. The van der Waals surface area contributed by atoms with Gasteiger partial charge in [-0.1, -0.05) is 54.6 Å². The number of ether oxygens (including phenoxy) is 3. The maximum Gasteiger partial charge on any atom is 0.191 e. The lowest BCUT2D eigenvalue weighted by molar-refractivity contribution is 0.0203. The Kier molecular flexibility index (Phi) is 11.1. The van der Waals surface area contributed by atoms with Crippen molar-refractivity contribution in [3.63, 3.8) is 0 Å². The zero-order chi connectivity index (χ0) is 22.3. The molecule has 0 aliphatic carbocycles. The predicted molar refractivity (Wildman–Crippen MR) is 129 cm³/mol. The molecule has 0 amide bonds. The van der Waals surface area contributed by atoms with Gasteiger partial charge in [-0.05, 0) is 41.9 Å². The number of guanidine groups is 1. The lowest BCUT2D eigenvalue weighted by Gasteiger charge is -2.21. The van der Waals surface area contributed by atoms with Crippen LogP contribution in [0.2, 0.25) is 0 Å². The first kappa shape index (κ1) is 24.2. The van der Waals surface area contributed by atoms with Crippen molar-refractivity contribution in [3.8, 4) is 0 Å². The van der Waals surface area contributed by atoms with Crippen LogP contribution in [0.15, 0.2) is 59.6 Å². The Hall–Kier alpha value is -2.41. The minimum atomic E-state index is 0.601. The van der Waals surface area contributed by atoms with Crippen LogP contribution in [0.4, 0.5) is 0 Å². The molecule has 32 heavy (non-hydrogen) atoms. The largest absolute Gasteiger partial charge is 0.381 e. The highest BCUT2D eigenvalue weighted by atomic mass is 16.5. The number of rotatable bonds is 12. The van der Waals surface area contributed by atoms with Crippen LogP contribution in [0.25, 0.3) is 0 Å². The second-order valence-electron chi connectivity index (χ2n) is 8.14. The van der Waals surface area contributed by atoms with Crippen LogP contribution >= 0.6 is 0 Å². The summed E-state index contributed by atoms with van der Waals surface area (Å²) >= 11 is 0. The van der Waals surface area contributed by atoms with Crippen LogP contribution in [-0.4, -0.2) is 46.0 Å². The zero-order valence-electron chi connectivity index (χ0n) is 19.2. The normalized spacial score (nSPS) is 15.0. The molecule has 0 radical (unpaired) electrons. The number of nitrogens with one attached hydrogen (secondary N) is 2. The molecule has 0 bridgehead atoms. The van der Waals surface area contributed by atoms with Crippen molar-refractivity contribution in [2.24, 2.45) is 10.9 Å². The third-order valence-corrected chi connectivity index (χ3v) is 5.51. The van der Waals surface area contributed by atoms with Crippen molar-refractivity contribution < 1.29 is 14.2 Å². The molecule has 1 fully saturated rings. The van der Waals surface area contributed by atoms with Crippen LogP contribution < -0.4 is 10.6 Å². The van der Waals surface area contributed by atoms with Gasteiger partial charge < -0.3 is 24.8 Å². The highest BCUT2D eigenvalue weighted by molar-refractivity contribution is 5.79. The molecule has 0 atom stereocenters. The molecule has 1 aliphatic heterocycles. The van der Waals surface area contributed by atoms with E-state index in [-0.39, 0.29) is 0 Å². The third-order valence-electron chi connectivity index (χ3n) is 5.51. The zero-order valence-corrected chi connectivity index (χ0v) is 19.2. The van der Waals surface area contributed by atoms with Crippen molar-refractivity contribution in [1.29, 1.82) is 0 Å². The summed E-state index contributed by atoms with van der Waals surface area (Å²) in [7, 11) is 1.80. The number of aliphatic imine (C=N–C) groups is 1. The van der Waals surface area contributed by atoms with Crippen LogP contribution in [-0.2, 0) is 34.0 Å². The van der Waals surface area contributed by atoms with Gasteiger partial charge >= 0.3 is 0 Å². The Morgan fingerprint density at radius 3 is 2.50 bits per heavy atom. The minimum absolute atomic E-state index is 0.601. The molecule has 1 heterocycles. The molecular weight excluding hydrogens is 402 g/mol. The number of hydrogen-bond donors (Lipinski definition) is 2. The van der Waals surface area contributed by atoms with Crippen molar-refractivity contribution in [2.45, 2.75) is 39.0 Å². The molecule has 6 nitrogen and oxygen atoms in total. The van der Waals surface area contributed by atoms with Crippen molar-refractivity contribution in [2.75, 3.05) is 40.0 Å². The van der Waals surface area contributed by atoms with E-state index in [2.05, 4.69) is 52.0 Å². The molecule has 0 spiro atoms. The molecule has 0 saturated carbocycles. The first-order valence-corrected chi connectivity index (χ1v) is 11.6. The molecule has 174 valence electrons. The SMILES string of the molecule is CN=C(NCCCOCC1CCOCC1)NCc1cccc(COCc2ccccc2)c1. The van der Waals surface area contributed by atoms with E-state index in [1.165, 1.54) is 16.7 Å². The Morgan fingerprint density at radius 2 is 1.69 bits per heavy atom. The average Bonchev–Trinajstić information content (AvgIpc) is 2.85. The molecule has 2 N–H and O–H groups in total. The van der Waals surface area contributed by atoms with Gasteiger partial charge in [0.05, 0.1) is 13.2 Å². The lowest BCUT2D eigenvalue weighted by Crippen LogP contribution is -2.37. The van der Waals surface area contributed by atoms with E-state index in [0.29, 0.717) is 25.7 Å². The lowest BCUT2D eigenvalue weighted by atomic mass is 10.0. The smallest absolute Gasteiger partial charge is 0.191 e. The van der Waals surface area contributed by atoms with Crippen molar-refractivity contribution >= 4 is 5.96 Å². The first-order valence-electron chi connectivity index (χ1n) is 11.6. The Labute approximate surface area is 192 Å². The van der Waals surface area contributed by atoms with Crippen LogP contribution in [0.1, 0.15) is 36.0 Å². The van der Waals surface area contributed by atoms with E-state index in [1.807, 2.05) is 18.2 Å². The highest BCUT2D eigenvalue weighted by Crippen LogP contribution is 2.14. The Morgan fingerprint density at radius 1 is 0.938 bits per heavy atom. The molecule has 2 aromatic rings. The van der Waals surface area contributed by atoms with Gasteiger partial charge in [-0.25, -0.2) is 0 Å². The summed E-state index contributed by atoms with van der Waals surface area (Å²) in [4.78, 5) is 4.31. The maximum atomic E-state index is 5.86. The van der Waals surface area contributed by atoms with Gasteiger partial charge in [0.15, 0.2) is 5.96 Å².